The van der Waals surface area contributed by atoms with Crippen LogP contribution in [0, 0.1) is 0 Å². The second-order valence-electron chi connectivity index (χ2n) is 4.36. The zero-order valence-corrected chi connectivity index (χ0v) is 11.1. The SMILES string of the molecule is O=C(NC[C@@H]1CCCO1)c1csc(-c2ccco2)n1. The van der Waals surface area contributed by atoms with Gasteiger partial charge in [-0.1, -0.05) is 0 Å². The first-order valence-corrected chi connectivity index (χ1v) is 7.10. The second kappa shape index (κ2) is 5.54. The van der Waals surface area contributed by atoms with Crippen molar-refractivity contribution in [1.29, 1.82) is 0 Å². The Kier molecular flexibility index (Phi) is 3.61. The molecule has 5 nitrogen and oxygen atoms in total. The van der Waals surface area contributed by atoms with E-state index < -0.39 is 0 Å². The first-order chi connectivity index (χ1) is 9.33. The lowest BCUT2D eigenvalue weighted by atomic mass is 10.2. The first-order valence-electron chi connectivity index (χ1n) is 6.22. The molecule has 1 amide bonds. The van der Waals surface area contributed by atoms with Crippen molar-refractivity contribution in [2.24, 2.45) is 0 Å². The number of aromatic nitrogens is 1. The molecule has 1 saturated heterocycles. The van der Waals surface area contributed by atoms with Gasteiger partial charge in [-0.15, -0.1) is 11.3 Å². The van der Waals surface area contributed by atoms with E-state index in [1.165, 1.54) is 11.3 Å². The van der Waals surface area contributed by atoms with Crippen LogP contribution in [0.25, 0.3) is 10.8 Å². The van der Waals surface area contributed by atoms with Crippen LogP contribution < -0.4 is 5.32 Å². The number of nitrogens with one attached hydrogen (secondary N) is 1. The summed E-state index contributed by atoms with van der Waals surface area (Å²) in [6.45, 7) is 1.34. The number of carbonyl (C=O) groups is 1. The molecule has 1 fully saturated rings. The summed E-state index contributed by atoms with van der Waals surface area (Å²) >= 11 is 1.40. The van der Waals surface area contributed by atoms with Gasteiger partial charge in [-0.3, -0.25) is 4.79 Å². The highest BCUT2D eigenvalue weighted by Gasteiger charge is 2.18. The van der Waals surface area contributed by atoms with Gasteiger partial charge in [-0.2, -0.15) is 0 Å². The van der Waals surface area contributed by atoms with Gasteiger partial charge in [0.05, 0.1) is 12.4 Å². The lowest BCUT2D eigenvalue weighted by Gasteiger charge is -2.09. The van der Waals surface area contributed by atoms with Gasteiger partial charge >= 0.3 is 0 Å². The Labute approximate surface area is 114 Å². The molecule has 6 heteroatoms. The number of nitrogens with zero attached hydrogens (tertiary/aromatic N) is 1. The Morgan fingerprint density at radius 3 is 3.26 bits per heavy atom. The van der Waals surface area contributed by atoms with Crippen LogP contribution in [0.5, 0.6) is 0 Å². The smallest absolute Gasteiger partial charge is 0.270 e. The normalized spacial score (nSPS) is 18.6. The standard InChI is InChI=1S/C13H14N2O3S/c16-12(14-7-9-3-1-5-17-9)10-8-19-13(15-10)11-4-2-6-18-11/h2,4,6,8-9H,1,3,5,7H2,(H,14,16)/t9-/m0/s1. The molecule has 1 aliphatic heterocycles. The number of carbonyl (C=O) groups excluding carboxylic acids is 1. The molecule has 0 aromatic carbocycles. The van der Waals surface area contributed by atoms with Crippen molar-refractivity contribution < 1.29 is 13.9 Å². The highest BCUT2D eigenvalue weighted by atomic mass is 32.1. The molecule has 0 bridgehead atoms. The second-order valence-corrected chi connectivity index (χ2v) is 5.22. The van der Waals surface area contributed by atoms with Gasteiger partial charge in [0.25, 0.3) is 5.91 Å². The van der Waals surface area contributed by atoms with E-state index in [1.54, 1.807) is 17.7 Å². The Morgan fingerprint density at radius 1 is 1.58 bits per heavy atom. The molecule has 2 aromatic rings. The fourth-order valence-corrected chi connectivity index (χ4v) is 2.76. The maximum absolute atomic E-state index is 11.9. The van der Waals surface area contributed by atoms with Gasteiger partial charge < -0.3 is 14.5 Å². The third-order valence-corrected chi connectivity index (χ3v) is 3.84. The van der Waals surface area contributed by atoms with Crippen LogP contribution in [0.4, 0.5) is 0 Å². The number of ether oxygens (including phenoxy) is 1. The average molecular weight is 278 g/mol. The number of hydrogen-bond acceptors (Lipinski definition) is 5. The van der Waals surface area contributed by atoms with Crippen molar-refractivity contribution in [1.82, 2.24) is 10.3 Å². The Hall–Kier alpha value is -1.66. The molecule has 1 atom stereocenters. The predicted octanol–water partition coefficient (Wildman–Crippen LogP) is 2.31. The number of thiazole rings is 1. The van der Waals surface area contributed by atoms with Gasteiger partial charge in [0.2, 0.25) is 0 Å². The number of rotatable bonds is 4. The van der Waals surface area contributed by atoms with E-state index >= 15 is 0 Å². The Balaban J connectivity index is 1.60. The van der Waals surface area contributed by atoms with Crippen molar-refractivity contribution in [3.05, 3.63) is 29.5 Å². The van der Waals surface area contributed by atoms with Crippen LogP contribution in [-0.2, 0) is 4.74 Å². The minimum atomic E-state index is -0.162. The van der Waals surface area contributed by atoms with Crippen LogP contribution in [-0.4, -0.2) is 30.1 Å². The third kappa shape index (κ3) is 2.85. The minimum Gasteiger partial charge on any atom is -0.462 e. The first kappa shape index (κ1) is 12.4. The zero-order valence-electron chi connectivity index (χ0n) is 10.3. The summed E-state index contributed by atoms with van der Waals surface area (Å²) in [6.07, 6.45) is 3.81. The molecule has 1 aliphatic rings. The predicted molar refractivity (Wildman–Crippen MR) is 71.1 cm³/mol. The van der Waals surface area contributed by atoms with Gasteiger partial charge in [0.15, 0.2) is 10.8 Å². The van der Waals surface area contributed by atoms with Gasteiger partial charge in [0, 0.05) is 18.5 Å². The largest absolute Gasteiger partial charge is 0.462 e. The molecule has 100 valence electrons. The lowest BCUT2D eigenvalue weighted by molar-refractivity contribution is 0.0854. The Bertz CT molecular complexity index is 544. The molecular weight excluding hydrogens is 264 g/mol. The van der Waals surface area contributed by atoms with Crippen molar-refractivity contribution in [3.8, 4) is 10.8 Å². The van der Waals surface area contributed by atoms with Gasteiger partial charge in [-0.25, -0.2) is 4.98 Å². The van der Waals surface area contributed by atoms with Crippen LogP contribution >= 0.6 is 11.3 Å². The summed E-state index contributed by atoms with van der Waals surface area (Å²) in [7, 11) is 0. The maximum atomic E-state index is 11.9. The van der Waals surface area contributed by atoms with E-state index in [4.69, 9.17) is 9.15 Å². The summed E-state index contributed by atoms with van der Waals surface area (Å²) in [5.41, 5.74) is 0.425. The summed E-state index contributed by atoms with van der Waals surface area (Å²) in [4.78, 5) is 16.2. The highest BCUT2D eigenvalue weighted by molar-refractivity contribution is 7.13. The number of hydrogen-bond donors (Lipinski definition) is 1. The molecule has 1 N–H and O–H groups in total. The minimum absolute atomic E-state index is 0.145. The highest BCUT2D eigenvalue weighted by Crippen LogP contribution is 2.23. The zero-order chi connectivity index (χ0) is 13.1. The van der Waals surface area contributed by atoms with E-state index in [0.29, 0.717) is 23.0 Å². The van der Waals surface area contributed by atoms with E-state index in [-0.39, 0.29) is 12.0 Å². The lowest BCUT2D eigenvalue weighted by Crippen LogP contribution is -2.31. The van der Waals surface area contributed by atoms with Crippen molar-refractivity contribution >= 4 is 17.2 Å². The summed E-state index contributed by atoms with van der Waals surface area (Å²) < 4.78 is 10.7. The molecule has 19 heavy (non-hydrogen) atoms. The molecule has 0 unspecified atom stereocenters. The summed E-state index contributed by atoms with van der Waals surface area (Å²) in [5.74, 6) is 0.521. The number of amides is 1. The average Bonchev–Trinajstić information content (AvgIpc) is 3.14. The van der Waals surface area contributed by atoms with Gasteiger partial charge in [0.1, 0.15) is 5.69 Å². The maximum Gasteiger partial charge on any atom is 0.270 e. The van der Waals surface area contributed by atoms with Crippen LogP contribution in [0.2, 0.25) is 0 Å². The van der Waals surface area contributed by atoms with Crippen LogP contribution in [0.3, 0.4) is 0 Å². The third-order valence-electron chi connectivity index (χ3n) is 2.98. The van der Waals surface area contributed by atoms with Crippen LogP contribution in [0.1, 0.15) is 23.3 Å². The fraction of sp³-hybridized carbons (Fsp3) is 0.385. The molecule has 2 aromatic heterocycles. The molecule has 0 radical (unpaired) electrons. The molecule has 3 heterocycles. The monoisotopic (exact) mass is 278 g/mol. The quantitative estimate of drug-likeness (QED) is 0.932. The fourth-order valence-electron chi connectivity index (χ4n) is 1.99. The molecule has 0 saturated carbocycles. The molecule has 3 rings (SSSR count). The van der Waals surface area contributed by atoms with Gasteiger partial charge in [-0.05, 0) is 25.0 Å². The van der Waals surface area contributed by atoms with E-state index in [2.05, 4.69) is 10.3 Å². The molecule has 0 spiro atoms. The molecule has 0 aliphatic carbocycles. The summed E-state index contributed by atoms with van der Waals surface area (Å²) in [5, 5.41) is 5.30. The van der Waals surface area contributed by atoms with Crippen molar-refractivity contribution in [3.63, 3.8) is 0 Å². The van der Waals surface area contributed by atoms with Crippen molar-refractivity contribution in [2.45, 2.75) is 18.9 Å². The Morgan fingerprint density at radius 2 is 2.53 bits per heavy atom. The van der Waals surface area contributed by atoms with Crippen molar-refractivity contribution in [2.75, 3.05) is 13.2 Å². The van der Waals surface area contributed by atoms with E-state index in [0.717, 1.165) is 19.4 Å². The van der Waals surface area contributed by atoms with E-state index in [9.17, 15) is 4.79 Å². The number of furan rings is 1. The molecular formula is C13H14N2O3S. The van der Waals surface area contributed by atoms with E-state index in [1.807, 2.05) is 6.07 Å². The van der Waals surface area contributed by atoms with Crippen LogP contribution in [0.15, 0.2) is 28.2 Å². The summed E-state index contributed by atoms with van der Waals surface area (Å²) in [6, 6.07) is 3.63. The topological polar surface area (TPSA) is 64.4 Å².